The van der Waals surface area contributed by atoms with Crippen LogP contribution in [-0.2, 0) is 11.3 Å². The van der Waals surface area contributed by atoms with Gasteiger partial charge in [-0.2, -0.15) is 0 Å². The Morgan fingerprint density at radius 3 is 2.50 bits per heavy atom. The molecule has 0 aromatic heterocycles. The fourth-order valence-corrected chi connectivity index (χ4v) is 3.49. The highest BCUT2D eigenvalue weighted by Gasteiger charge is 2.30. The fourth-order valence-electron chi connectivity index (χ4n) is 3.49. The number of carbonyl (C=O) groups is 2. The molecule has 1 aliphatic heterocycles. The monoisotopic (exact) mass is 412 g/mol. The summed E-state index contributed by atoms with van der Waals surface area (Å²) in [7, 11) is 3.01. The first kappa shape index (κ1) is 21.5. The molecule has 1 N–H and O–H groups in total. The van der Waals surface area contributed by atoms with Gasteiger partial charge in [-0.25, -0.2) is 0 Å². The number of fused-ring (bicyclic) bond motifs is 1. The van der Waals surface area contributed by atoms with E-state index in [-0.39, 0.29) is 17.9 Å². The molecule has 2 aromatic carbocycles. The molecular formula is C23H28N2O5. The van der Waals surface area contributed by atoms with Gasteiger partial charge < -0.3 is 24.4 Å². The zero-order valence-corrected chi connectivity index (χ0v) is 18.0. The number of benzene rings is 2. The van der Waals surface area contributed by atoms with Crippen LogP contribution in [0.2, 0.25) is 0 Å². The zero-order chi connectivity index (χ0) is 21.8. The van der Waals surface area contributed by atoms with Gasteiger partial charge in [0.1, 0.15) is 22.8 Å². The third kappa shape index (κ3) is 4.20. The summed E-state index contributed by atoms with van der Waals surface area (Å²) in [5.41, 5.74) is 1.76. The second kappa shape index (κ2) is 9.07. The molecule has 0 aliphatic carbocycles. The van der Waals surface area contributed by atoms with Crippen molar-refractivity contribution in [3.05, 3.63) is 47.5 Å². The molecule has 3 rings (SSSR count). The molecule has 160 valence electrons. The van der Waals surface area contributed by atoms with E-state index in [1.54, 1.807) is 37.3 Å². The average Bonchev–Trinajstić information content (AvgIpc) is 2.88. The van der Waals surface area contributed by atoms with E-state index in [0.717, 1.165) is 12.0 Å². The van der Waals surface area contributed by atoms with Gasteiger partial charge in [-0.05, 0) is 50.6 Å². The molecule has 30 heavy (non-hydrogen) atoms. The molecule has 7 heteroatoms. The molecule has 0 saturated heterocycles. The highest BCUT2D eigenvalue weighted by Crippen LogP contribution is 2.32. The van der Waals surface area contributed by atoms with Gasteiger partial charge in [0.05, 0.1) is 14.2 Å². The Morgan fingerprint density at radius 1 is 1.23 bits per heavy atom. The van der Waals surface area contributed by atoms with E-state index < -0.39 is 6.10 Å². The highest BCUT2D eigenvalue weighted by molar-refractivity contribution is 6.08. The summed E-state index contributed by atoms with van der Waals surface area (Å²) in [5, 5.41) is 2.90. The van der Waals surface area contributed by atoms with Gasteiger partial charge in [-0.15, -0.1) is 0 Å². The minimum atomic E-state index is -0.557. The Bertz CT molecular complexity index is 921. The third-order valence-electron chi connectivity index (χ3n) is 5.37. The maximum Gasteiger partial charge on any atom is 0.263 e. The number of amides is 2. The van der Waals surface area contributed by atoms with Crippen molar-refractivity contribution < 1.29 is 23.8 Å². The summed E-state index contributed by atoms with van der Waals surface area (Å²) in [6, 6.07) is 10.7. The maximum absolute atomic E-state index is 13.0. The van der Waals surface area contributed by atoms with Gasteiger partial charge >= 0.3 is 0 Å². The van der Waals surface area contributed by atoms with E-state index in [4.69, 9.17) is 14.2 Å². The Morgan fingerprint density at radius 2 is 1.90 bits per heavy atom. The number of rotatable bonds is 6. The minimum Gasteiger partial charge on any atom is -0.496 e. The first-order chi connectivity index (χ1) is 14.4. The van der Waals surface area contributed by atoms with Crippen LogP contribution in [0.25, 0.3) is 0 Å². The Hall–Kier alpha value is -3.22. The van der Waals surface area contributed by atoms with Gasteiger partial charge in [-0.3, -0.25) is 9.59 Å². The maximum atomic E-state index is 13.0. The summed E-state index contributed by atoms with van der Waals surface area (Å²) in [4.78, 5) is 27.5. The van der Waals surface area contributed by atoms with E-state index in [1.165, 1.54) is 14.2 Å². The third-order valence-corrected chi connectivity index (χ3v) is 5.37. The van der Waals surface area contributed by atoms with Crippen molar-refractivity contribution in [3.8, 4) is 17.2 Å². The predicted molar refractivity (Wildman–Crippen MR) is 114 cm³/mol. The highest BCUT2D eigenvalue weighted by atomic mass is 16.5. The molecule has 0 fully saturated rings. The van der Waals surface area contributed by atoms with E-state index in [9.17, 15) is 9.59 Å². The molecule has 0 spiro atoms. The largest absolute Gasteiger partial charge is 0.496 e. The SMILES string of the molecule is CC[C@H](C)N1Cc2cc(NC(=O)c3c(OC)cccc3OC)ccc2O[C@H](C)C1=O. The summed E-state index contributed by atoms with van der Waals surface area (Å²) in [6.07, 6.45) is 0.288. The number of methoxy groups -OCH3 is 2. The van der Waals surface area contributed by atoms with E-state index in [0.29, 0.717) is 35.0 Å². The van der Waals surface area contributed by atoms with E-state index in [2.05, 4.69) is 5.32 Å². The normalized spacial score (nSPS) is 16.8. The van der Waals surface area contributed by atoms with Crippen molar-refractivity contribution in [2.24, 2.45) is 0 Å². The lowest BCUT2D eigenvalue weighted by atomic mass is 10.1. The molecule has 2 aromatic rings. The number of nitrogens with zero attached hydrogens (tertiary/aromatic N) is 1. The van der Waals surface area contributed by atoms with Gasteiger partial charge in [-0.1, -0.05) is 13.0 Å². The topological polar surface area (TPSA) is 77.1 Å². The second-order valence-electron chi connectivity index (χ2n) is 7.30. The number of nitrogens with one attached hydrogen (secondary N) is 1. The molecule has 2 atom stereocenters. The van der Waals surface area contributed by atoms with Crippen molar-refractivity contribution >= 4 is 17.5 Å². The molecule has 0 saturated carbocycles. The number of hydrogen-bond donors (Lipinski definition) is 1. The first-order valence-electron chi connectivity index (χ1n) is 10.0. The molecular weight excluding hydrogens is 384 g/mol. The van der Waals surface area contributed by atoms with Crippen LogP contribution in [-0.4, -0.2) is 43.1 Å². The molecule has 1 heterocycles. The molecule has 0 bridgehead atoms. The molecule has 0 unspecified atom stereocenters. The fraction of sp³-hybridized carbons (Fsp3) is 0.391. The van der Waals surface area contributed by atoms with Crippen molar-refractivity contribution in [1.29, 1.82) is 0 Å². The lowest BCUT2D eigenvalue weighted by Gasteiger charge is -2.28. The standard InChI is InChI=1S/C23H28N2O5/c1-6-14(2)25-13-16-12-17(10-11-18(16)30-15(3)23(25)27)24-22(26)21-19(28-4)8-7-9-20(21)29-5/h7-12,14-15H,6,13H2,1-5H3,(H,24,26)/t14-,15+/m0/s1. The lowest BCUT2D eigenvalue weighted by molar-refractivity contribution is -0.139. The summed E-state index contributed by atoms with van der Waals surface area (Å²) in [5.74, 6) is 1.11. The van der Waals surface area contributed by atoms with Crippen molar-refractivity contribution in [2.75, 3.05) is 19.5 Å². The van der Waals surface area contributed by atoms with Crippen LogP contribution in [0, 0.1) is 0 Å². The quantitative estimate of drug-likeness (QED) is 0.780. The Labute approximate surface area is 176 Å². The van der Waals surface area contributed by atoms with Crippen LogP contribution in [0.5, 0.6) is 17.2 Å². The van der Waals surface area contributed by atoms with Crippen molar-refractivity contribution in [3.63, 3.8) is 0 Å². The Kier molecular flexibility index (Phi) is 6.50. The number of anilines is 1. The smallest absolute Gasteiger partial charge is 0.263 e. The number of hydrogen-bond acceptors (Lipinski definition) is 5. The zero-order valence-electron chi connectivity index (χ0n) is 18.0. The van der Waals surface area contributed by atoms with Crippen LogP contribution >= 0.6 is 0 Å². The summed E-state index contributed by atoms with van der Waals surface area (Å²) >= 11 is 0. The average molecular weight is 412 g/mol. The van der Waals surface area contributed by atoms with E-state index in [1.807, 2.05) is 24.8 Å². The van der Waals surface area contributed by atoms with Crippen LogP contribution in [0.1, 0.15) is 43.1 Å². The summed E-state index contributed by atoms with van der Waals surface area (Å²) < 4.78 is 16.5. The molecule has 0 radical (unpaired) electrons. The van der Waals surface area contributed by atoms with Gasteiger partial charge in [0.15, 0.2) is 6.10 Å². The van der Waals surface area contributed by atoms with Crippen molar-refractivity contribution in [1.82, 2.24) is 4.90 Å². The van der Waals surface area contributed by atoms with Gasteiger partial charge in [0.2, 0.25) is 0 Å². The van der Waals surface area contributed by atoms with Crippen LogP contribution in [0.4, 0.5) is 5.69 Å². The Balaban J connectivity index is 1.91. The first-order valence-corrected chi connectivity index (χ1v) is 10.0. The van der Waals surface area contributed by atoms with Gasteiger partial charge in [0.25, 0.3) is 11.8 Å². The summed E-state index contributed by atoms with van der Waals surface area (Å²) in [6.45, 7) is 6.26. The van der Waals surface area contributed by atoms with Crippen LogP contribution in [0.3, 0.4) is 0 Å². The predicted octanol–water partition coefficient (Wildman–Crippen LogP) is 3.86. The van der Waals surface area contributed by atoms with E-state index >= 15 is 0 Å². The molecule has 2 amide bonds. The van der Waals surface area contributed by atoms with Crippen LogP contribution in [0.15, 0.2) is 36.4 Å². The second-order valence-corrected chi connectivity index (χ2v) is 7.30. The van der Waals surface area contributed by atoms with Crippen LogP contribution < -0.4 is 19.5 Å². The van der Waals surface area contributed by atoms with Crippen molar-refractivity contribution in [2.45, 2.75) is 45.9 Å². The number of carbonyl (C=O) groups excluding carboxylic acids is 2. The molecule has 1 aliphatic rings. The minimum absolute atomic E-state index is 0.0371. The molecule has 7 nitrogen and oxygen atoms in total. The lowest BCUT2D eigenvalue weighted by Crippen LogP contribution is -2.42. The number of ether oxygens (including phenoxy) is 3. The van der Waals surface area contributed by atoms with Gasteiger partial charge in [0, 0.05) is 23.8 Å².